The minimum atomic E-state index is -0.370. The Morgan fingerprint density at radius 3 is 2.11 bits per heavy atom. The van der Waals surface area contributed by atoms with Gasteiger partial charge in [0.05, 0.1) is 31.0 Å². The first-order chi connectivity index (χ1) is 22.3. The van der Waals surface area contributed by atoms with Crippen molar-refractivity contribution in [1.29, 1.82) is 0 Å². The summed E-state index contributed by atoms with van der Waals surface area (Å²) in [6, 6.07) is 18.8. The molecule has 0 spiro atoms. The van der Waals surface area contributed by atoms with Gasteiger partial charge in [-0.25, -0.2) is 0 Å². The highest BCUT2D eigenvalue weighted by atomic mass is 79.9. The quantitative estimate of drug-likeness (QED) is 0.0820. The number of unbranched alkanes of at least 4 members (excludes halogenated alkanes) is 4. The Hall–Kier alpha value is -3.98. The molecule has 246 valence electrons. The molecule has 4 rings (SSSR count). The van der Waals surface area contributed by atoms with Gasteiger partial charge >= 0.3 is 0 Å². The number of pyridine rings is 1. The number of anilines is 2. The van der Waals surface area contributed by atoms with Crippen molar-refractivity contribution in [3.8, 4) is 22.9 Å². The summed E-state index contributed by atoms with van der Waals surface area (Å²) in [4.78, 5) is 31.9. The van der Waals surface area contributed by atoms with E-state index in [0.29, 0.717) is 60.2 Å². The third kappa shape index (κ3) is 8.63. The summed E-state index contributed by atoms with van der Waals surface area (Å²) in [7, 11) is 3.91. The normalized spacial score (nSPS) is 11.0. The smallest absolute Gasteiger partial charge is 0.263 e. The molecule has 4 aromatic rings. The van der Waals surface area contributed by atoms with Crippen molar-refractivity contribution in [2.24, 2.45) is 0 Å². The second-order valence-electron chi connectivity index (χ2n) is 11.2. The van der Waals surface area contributed by atoms with Gasteiger partial charge in [-0.3, -0.25) is 9.59 Å². The average molecular weight is 693 g/mol. The van der Waals surface area contributed by atoms with Gasteiger partial charge in [-0.2, -0.15) is 0 Å². The molecule has 0 saturated heterocycles. The number of hydrogen-bond acceptors (Lipinski definition) is 6. The molecule has 8 nitrogen and oxygen atoms in total. The van der Waals surface area contributed by atoms with E-state index in [9.17, 15) is 9.59 Å². The molecule has 0 unspecified atom stereocenters. The van der Waals surface area contributed by atoms with E-state index in [-0.39, 0.29) is 16.9 Å². The topological polar surface area (TPSA) is 73.2 Å². The number of amides is 1. The first kappa shape index (κ1) is 34.9. The van der Waals surface area contributed by atoms with Crippen LogP contribution < -0.4 is 29.4 Å². The molecule has 1 heterocycles. The third-order valence-corrected chi connectivity index (χ3v) is 8.30. The van der Waals surface area contributed by atoms with E-state index in [1.165, 1.54) is 19.3 Å². The van der Waals surface area contributed by atoms with E-state index < -0.39 is 0 Å². The van der Waals surface area contributed by atoms with Crippen molar-refractivity contribution in [2.75, 3.05) is 55.6 Å². The number of rotatable bonds is 17. The van der Waals surface area contributed by atoms with Crippen molar-refractivity contribution in [2.45, 2.75) is 52.9 Å². The lowest BCUT2D eigenvalue weighted by atomic mass is 10.1. The zero-order valence-corrected chi connectivity index (χ0v) is 29.3. The molecular formula is C37H46BrN3O5. The van der Waals surface area contributed by atoms with Crippen molar-refractivity contribution in [3.05, 3.63) is 82.6 Å². The number of carbonyl (C=O) groups excluding carboxylic acids is 1. The SMILES string of the molecule is CCOc1cc(OCC)cc(-n2cc(C(=O)N(CC)c3cccc(N(C)C)c3)c(=O)c3ccc(OCCCCCCCBr)cc32)c1. The maximum absolute atomic E-state index is 14.2. The van der Waals surface area contributed by atoms with Gasteiger partial charge in [0.2, 0.25) is 5.43 Å². The molecule has 0 atom stereocenters. The summed E-state index contributed by atoms with van der Waals surface area (Å²) in [6.07, 6.45) is 7.26. The van der Waals surface area contributed by atoms with Gasteiger partial charge in [-0.1, -0.05) is 41.3 Å². The predicted octanol–water partition coefficient (Wildman–Crippen LogP) is 8.25. The molecule has 0 fully saturated rings. The molecule has 3 aromatic carbocycles. The van der Waals surface area contributed by atoms with E-state index in [1.807, 2.05) is 98.9 Å². The van der Waals surface area contributed by atoms with Crippen LogP contribution in [0.4, 0.5) is 11.4 Å². The second kappa shape index (κ2) is 17.1. The molecule has 0 radical (unpaired) electrons. The van der Waals surface area contributed by atoms with Gasteiger partial charge in [-0.05, 0) is 63.9 Å². The van der Waals surface area contributed by atoms with Crippen LogP contribution in [0.1, 0.15) is 63.2 Å². The summed E-state index contributed by atoms with van der Waals surface area (Å²) in [6.45, 7) is 7.70. The molecule has 1 amide bonds. The molecular weight excluding hydrogens is 646 g/mol. The van der Waals surface area contributed by atoms with Crippen molar-refractivity contribution >= 4 is 44.1 Å². The van der Waals surface area contributed by atoms with Gasteiger partial charge in [0, 0.05) is 73.2 Å². The third-order valence-electron chi connectivity index (χ3n) is 7.74. The monoisotopic (exact) mass is 691 g/mol. The minimum absolute atomic E-state index is 0.0709. The maximum Gasteiger partial charge on any atom is 0.263 e. The Labute approximate surface area is 281 Å². The molecule has 46 heavy (non-hydrogen) atoms. The fourth-order valence-corrected chi connectivity index (χ4v) is 5.80. The number of fused-ring (bicyclic) bond motifs is 1. The summed E-state index contributed by atoms with van der Waals surface area (Å²) < 4.78 is 19.8. The molecule has 0 bridgehead atoms. The molecule has 0 N–H and O–H groups in total. The van der Waals surface area contributed by atoms with Crippen LogP contribution in [0.3, 0.4) is 0 Å². The van der Waals surface area contributed by atoms with Crippen LogP contribution in [0.25, 0.3) is 16.6 Å². The number of ether oxygens (including phenoxy) is 3. The highest BCUT2D eigenvalue weighted by molar-refractivity contribution is 9.09. The number of alkyl halides is 1. The van der Waals surface area contributed by atoms with E-state index in [4.69, 9.17) is 14.2 Å². The van der Waals surface area contributed by atoms with Crippen LogP contribution in [-0.4, -0.2) is 56.3 Å². The lowest BCUT2D eigenvalue weighted by molar-refractivity contribution is 0.0987. The number of benzene rings is 3. The number of nitrogens with zero attached hydrogens (tertiary/aromatic N) is 3. The van der Waals surface area contributed by atoms with Crippen LogP contribution in [0, 0.1) is 0 Å². The zero-order valence-electron chi connectivity index (χ0n) is 27.7. The Morgan fingerprint density at radius 2 is 1.46 bits per heavy atom. The number of carbonyl (C=O) groups is 1. The second-order valence-corrected chi connectivity index (χ2v) is 12.0. The van der Waals surface area contributed by atoms with E-state index in [0.717, 1.165) is 29.5 Å². The van der Waals surface area contributed by atoms with Crippen LogP contribution in [0.2, 0.25) is 0 Å². The Balaban J connectivity index is 1.81. The molecule has 0 saturated carbocycles. The highest BCUT2D eigenvalue weighted by Gasteiger charge is 2.23. The average Bonchev–Trinajstić information content (AvgIpc) is 3.05. The molecule has 9 heteroatoms. The Morgan fingerprint density at radius 1 is 0.783 bits per heavy atom. The molecule has 0 aliphatic heterocycles. The molecule has 0 aliphatic carbocycles. The lowest BCUT2D eigenvalue weighted by Crippen LogP contribution is -2.35. The van der Waals surface area contributed by atoms with Crippen LogP contribution >= 0.6 is 15.9 Å². The van der Waals surface area contributed by atoms with Crippen molar-refractivity contribution in [1.82, 2.24) is 4.57 Å². The van der Waals surface area contributed by atoms with Gasteiger partial charge in [0.25, 0.3) is 5.91 Å². The summed E-state index contributed by atoms with van der Waals surface area (Å²) in [5.41, 5.74) is 2.75. The molecule has 0 aliphatic rings. The summed E-state index contributed by atoms with van der Waals surface area (Å²) in [5, 5.41) is 1.46. The number of halogens is 1. The minimum Gasteiger partial charge on any atom is -0.494 e. The fourth-order valence-electron chi connectivity index (χ4n) is 5.40. The van der Waals surface area contributed by atoms with E-state index in [2.05, 4.69) is 15.9 Å². The Bertz CT molecular complexity index is 1640. The lowest BCUT2D eigenvalue weighted by Gasteiger charge is -2.24. The zero-order chi connectivity index (χ0) is 33.1. The van der Waals surface area contributed by atoms with Gasteiger partial charge in [0.1, 0.15) is 22.8 Å². The van der Waals surface area contributed by atoms with Crippen LogP contribution in [0.5, 0.6) is 17.2 Å². The van der Waals surface area contributed by atoms with Crippen LogP contribution in [0.15, 0.2) is 71.7 Å². The standard InChI is InChI=1S/C37H46BrN3O5/c1-6-40(28-16-14-15-27(21-28)39(4)5)37(43)34-26-41(29-22-31(44-7-2)24-32(23-29)45-8-3)35-25-30(17-18-33(35)36(34)42)46-20-13-11-9-10-12-19-38/h14-18,21-26H,6-13,19-20H2,1-5H3. The first-order valence-electron chi connectivity index (χ1n) is 16.2. The summed E-state index contributed by atoms with van der Waals surface area (Å²) >= 11 is 3.49. The predicted molar refractivity (Wildman–Crippen MR) is 192 cm³/mol. The Kier molecular flexibility index (Phi) is 13.0. The van der Waals surface area contributed by atoms with E-state index in [1.54, 1.807) is 17.2 Å². The van der Waals surface area contributed by atoms with Gasteiger partial charge in [-0.15, -0.1) is 0 Å². The van der Waals surface area contributed by atoms with Crippen molar-refractivity contribution < 1.29 is 19.0 Å². The largest absolute Gasteiger partial charge is 0.494 e. The number of aromatic nitrogens is 1. The molecule has 1 aromatic heterocycles. The van der Waals surface area contributed by atoms with Gasteiger partial charge < -0.3 is 28.6 Å². The number of hydrogen-bond donors (Lipinski definition) is 0. The maximum atomic E-state index is 14.2. The van der Waals surface area contributed by atoms with Crippen molar-refractivity contribution in [3.63, 3.8) is 0 Å². The summed E-state index contributed by atoms with van der Waals surface area (Å²) in [5.74, 6) is 1.56. The van der Waals surface area contributed by atoms with E-state index >= 15 is 0 Å². The van der Waals surface area contributed by atoms with Crippen LogP contribution in [-0.2, 0) is 0 Å². The van der Waals surface area contributed by atoms with Gasteiger partial charge in [0.15, 0.2) is 0 Å². The fraction of sp³-hybridized carbons (Fsp3) is 0.405. The highest BCUT2D eigenvalue weighted by Crippen LogP contribution is 2.30. The first-order valence-corrected chi connectivity index (χ1v) is 17.3.